The van der Waals surface area contributed by atoms with Crippen molar-refractivity contribution in [2.45, 2.75) is 66.4 Å². The van der Waals surface area contributed by atoms with Crippen LogP contribution in [0.3, 0.4) is 0 Å². The normalized spacial score (nSPS) is 21.3. The number of benzene rings is 1. The van der Waals surface area contributed by atoms with Crippen LogP contribution in [0, 0.1) is 12.8 Å². The van der Waals surface area contributed by atoms with Gasteiger partial charge in [-0.15, -0.1) is 0 Å². The fraction of sp³-hybridized carbons (Fsp3) is 0.500. The molecule has 2 heterocycles. The van der Waals surface area contributed by atoms with Gasteiger partial charge in [0.25, 0.3) is 0 Å². The highest BCUT2D eigenvalue weighted by atomic mass is 16.6. The smallest absolute Gasteiger partial charge is 0.419 e. The first-order chi connectivity index (χ1) is 11.9. The van der Waals surface area contributed by atoms with Gasteiger partial charge in [0.2, 0.25) is 0 Å². The van der Waals surface area contributed by atoms with Gasteiger partial charge in [0.1, 0.15) is 5.60 Å². The number of carbonyl (C=O) groups is 1. The van der Waals surface area contributed by atoms with E-state index in [0.29, 0.717) is 0 Å². The Morgan fingerprint density at radius 3 is 2.56 bits per heavy atom. The highest BCUT2D eigenvalue weighted by Gasteiger charge is 2.37. The van der Waals surface area contributed by atoms with Crippen LogP contribution in [0.2, 0.25) is 0 Å². The summed E-state index contributed by atoms with van der Waals surface area (Å²) < 4.78 is 7.54. The molecular formula is C22H29NO2. The van der Waals surface area contributed by atoms with E-state index in [0.717, 1.165) is 40.9 Å². The molecule has 3 nitrogen and oxygen atoms in total. The molecule has 2 aromatic rings. The number of cyclic esters (lactones) is 1. The average Bonchev–Trinajstić information content (AvgIpc) is 2.94. The van der Waals surface area contributed by atoms with Gasteiger partial charge in [-0.2, -0.15) is 0 Å². The fourth-order valence-corrected chi connectivity index (χ4v) is 3.90. The average molecular weight is 339 g/mol. The topological polar surface area (TPSA) is 31.2 Å². The Bertz CT molecular complexity index is 855. The summed E-state index contributed by atoms with van der Waals surface area (Å²) in [5, 5.41) is 1.14. The molecule has 0 saturated carbocycles. The van der Waals surface area contributed by atoms with Crippen molar-refractivity contribution in [3.05, 3.63) is 41.1 Å². The largest absolute Gasteiger partial charge is 0.438 e. The number of aromatic nitrogens is 1. The molecule has 1 aliphatic carbocycles. The van der Waals surface area contributed by atoms with E-state index in [-0.39, 0.29) is 6.09 Å². The second kappa shape index (κ2) is 6.36. The van der Waals surface area contributed by atoms with Crippen LogP contribution in [0.5, 0.6) is 0 Å². The lowest BCUT2D eigenvalue weighted by Gasteiger charge is -2.32. The van der Waals surface area contributed by atoms with E-state index in [9.17, 15) is 4.79 Å². The predicted molar refractivity (Wildman–Crippen MR) is 104 cm³/mol. The third kappa shape index (κ3) is 2.90. The molecule has 0 N–H and O–H groups in total. The molecule has 0 fully saturated rings. The molecule has 0 bridgehead atoms. The zero-order valence-electron chi connectivity index (χ0n) is 16.3. The highest BCUT2D eigenvalue weighted by Crippen LogP contribution is 2.41. The number of hydrogen-bond donors (Lipinski definition) is 0. The van der Waals surface area contributed by atoms with Gasteiger partial charge < -0.3 is 4.74 Å². The lowest BCUT2D eigenvalue weighted by Crippen LogP contribution is -2.34. The highest BCUT2D eigenvalue weighted by molar-refractivity contribution is 5.99. The summed E-state index contributed by atoms with van der Waals surface area (Å²) in [7, 11) is 0. The van der Waals surface area contributed by atoms with Gasteiger partial charge >= 0.3 is 6.09 Å². The van der Waals surface area contributed by atoms with Crippen molar-refractivity contribution >= 4 is 22.6 Å². The molecule has 3 heteroatoms. The van der Waals surface area contributed by atoms with E-state index in [1.54, 1.807) is 4.57 Å². The van der Waals surface area contributed by atoms with Crippen LogP contribution in [-0.2, 0) is 10.3 Å². The summed E-state index contributed by atoms with van der Waals surface area (Å²) >= 11 is 0. The van der Waals surface area contributed by atoms with Crippen molar-refractivity contribution in [1.82, 2.24) is 4.57 Å². The van der Waals surface area contributed by atoms with Gasteiger partial charge in [0, 0.05) is 10.9 Å². The standard InChI is InChI=1S/C20H23NO2.C2H6/c1-12-5-7-14(8-6-12)17-11-15-9-13(2)10-16-18(15)21(17)19(22)23-20(16,3)4;1-2/h7,9-12H,5-6,8H2,1-4H3;1-2H3. The third-order valence-electron chi connectivity index (χ3n) is 5.22. The molecule has 1 unspecified atom stereocenters. The van der Waals surface area contributed by atoms with Crippen LogP contribution in [0.4, 0.5) is 4.79 Å². The van der Waals surface area contributed by atoms with Crippen molar-refractivity contribution in [3.63, 3.8) is 0 Å². The Morgan fingerprint density at radius 2 is 1.92 bits per heavy atom. The third-order valence-corrected chi connectivity index (χ3v) is 5.22. The Kier molecular flexibility index (Phi) is 4.52. The van der Waals surface area contributed by atoms with Crippen LogP contribution in [0.25, 0.3) is 16.5 Å². The fourth-order valence-electron chi connectivity index (χ4n) is 3.90. The van der Waals surface area contributed by atoms with Crippen molar-refractivity contribution < 1.29 is 9.53 Å². The molecule has 1 aromatic carbocycles. The molecule has 2 aliphatic rings. The first kappa shape index (κ1) is 17.8. The van der Waals surface area contributed by atoms with Crippen LogP contribution >= 0.6 is 0 Å². The Hall–Kier alpha value is -2.03. The number of carbonyl (C=O) groups excluding carboxylic acids is 1. The SMILES string of the molecule is CC.Cc1cc2c3c(c1)cc(C1=CCC(C)CC1)n3C(=O)OC2(C)C. The Labute approximate surface area is 150 Å². The monoisotopic (exact) mass is 339 g/mol. The quantitative estimate of drug-likeness (QED) is 0.601. The Morgan fingerprint density at radius 1 is 1.20 bits per heavy atom. The van der Waals surface area contributed by atoms with E-state index >= 15 is 0 Å². The van der Waals surface area contributed by atoms with Gasteiger partial charge in [-0.25, -0.2) is 9.36 Å². The maximum atomic E-state index is 12.7. The van der Waals surface area contributed by atoms with E-state index in [1.807, 2.05) is 27.7 Å². The van der Waals surface area contributed by atoms with E-state index < -0.39 is 5.60 Å². The number of allylic oxidation sites excluding steroid dienone is 2. The van der Waals surface area contributed by atoms with Crippen LogP contribution < -0.4 is 0 Å². The second-order valence-electron chi connectivity index (χ2n) is 7.60. The number of rotatable bonds is 1. The molecule has 4 rings (SSSR count). The summed E-state index contributed by atoms with van der Waals surface area (Å²) in [5.41, 5.74) is 5.03. The minimum atomic E-state index is -0.581. The van der Waals surface area contributed by atoms with Crippen LogP contribution in [-0.4, -0.2) is 10.7 Å². The number of hydrogen-bond acceptors (Lipinski definition) is 2. The molecule has 1 aromatic heterocycles. The van der Waals surface area contributed by atoms with Gasteiger partial charge in [-0.05, 0) is 75.3 Å². The zero-order valence-corrected chi connectivity index (χ0v) is 16.3. The lowest BCUT2D eigenvalue weighted by molar-refractivity contribution is 0.0329. The number of ether oxygens (including phenoxy) is 1. The molecule has 1 aliphatic heterocycles. The molecule has 0 spiro atoms. The molecule has 1 atom stereocenters. The van der Waals surface area contributed by atoms with Crippen molar-refractivity contribution in [1.29, 1.82) is 0 Å². The van der Waals surface area contributed by atoms with E-state index in [1.165, 1.54) is 17.6 Å². The van der Waals surface area contributed by atoms with Crippen LogP contribution in [0.15, 0.2) is 24.3 Å². The molecular weight excluding hydrogens is 310 g/mol. The minimum absolute atomic E-state index is 0.254. The first-order valence-electron chi connectivity index (χ1n) is 9.46. The maximum Gasteiger partial charge on any atom is 0.419 e. The van der Waals surface area contributed by atoms with Gasteiger partial charge in [-0.1, -0.05) is 26.8 Å². The van der Waals surface area contributed by atoms with E-state index in [2.05, 4.69) is 38.1 Å². The summed E-state index contributed by atoms with van der Waals surface area (Å²) in [5.74, 6) is 0.730. The molecule has 25 heavy (non-hydrogen) atoms. The first-order valence-corrected chi connectivity index (χ1v) is 9.46. The lowest BCUT2D eigenvalue weighted by atomic mass is 9.89. The minimum Gasteiger partial charge on any atom is -0.438 e. The van der Waals surface area contributed by atoms with Crippen molar-refractivity contribution in [2.75, 3.05) is 0 Å². The van der Waals surface area contributed by atoms with Gasteiger partial charge in [0.05, 0.1) is 11.2 Å². The summed E-state index contributed by atoms with van der Waals surface area (Å²) in [6, 6.07) is 6.47. The number of aryl methyl sites for hydroxylation is 1. The zero-order chi connectivity index (χ0) is 18.4. The molecule has 0 radical (unpaired) electrons. The van der Waals surface area contributed by atoms with Gasteiger partial charge in [0.15, 0.2) is 0 Å². The second-order valence-corrected chi connectivity index (χ2v) is 7.60. The molecule has 0 amide bonds. The van der Waals surface area contributed by atoms with Crippen LogP contribution in [0.1, 0.15) is 70.7 Å². The van der Waals surface area contributed by atoms with E-state index in [4.69, 9.17) is 4.74 Å². The molecule has 134 valence electrons. The van der Waals surface area contributed by atoms with Crippen molar-refractivity contribution in [2.24, 2.45) is 5.92 Å². The maximum absolute atomic E-state index is 12.7. The molecule has 0 saturated heterocycles. The Balaban J connectivity index is 0.000000880. The van der Waals surface area contributed by atoms with Gasteiger partial charge in [-0.3, -0.25) is 0 Å². The summed E-state index contributed by atoms with van der Waals surface area (Å²) in [6.07, 6.45) is 5.34. The summed E-state index contributed by atoms with van der Waals surface area (Å²) in [6.45, 7) is 12.3. The van der Waals surface area contributed by atoms with Crippen molar-refractivity contribution in [3.8, 4) is 0 Å². The number of nitrogens with zero attached hydrogens (tertiary/aromatic N) is 1. The summed E-state index contributed by atoms with van der Waals surface area (Å²) in [4.78, 5) is 12.7. The predicted octanol–water partition coefficient (Wildman–Crippen LogP) is 6.41.